The van der Waals surface area contributed by atoms with Crippen LogP contribution in [0.2, 0.25) is 5.02 Å². The van der Waals surface area contributed by atoms with Crippen LogP contribution in [0.3, 0.4) is 0 Å². The van der Waals surface area contributed by atoms with Crippen LogP contribution < -0.4 is 0 Å². The van der Waals surface area contributed by atoms with Crippen LogP contribution in [0, 0.1) is 19.7 Å². The van der Waals surface area contributed by atoms with Gasteiger partial charge in [0, 0.05) is 5.56 Å². The molecule has 1 fully saturated rings. The Balaban J connectivity index is 2.69. The maximum Gasteiger partial charge on any atom is 0.235 e. The number of halogens is 2. The smallest absolute Gasteiger partial charge is 0.211 e. The Bertz CT molecular complexity index is 490. The van der Waals surface area contributed by atoms with Gasteiger partial charge in [-0.05, 0) is 50.3 Å². The van der Waals surface area contributed by atoms with E-state index >= 15 is 0 Å². The summed E-state index contributed by atoms with van der Waals surface area (Å²) in [6.07, 6.45) is 3.87. The maximum atomic E-state index is 14.2. The molecule has 0 bridgehead atoms. The minimum absolute atomic E-state index is 0.0930. The number of benzene rings is 1. The summed E-state index contributed by atoms with van der Waals surface area (Å²) in [6, 6.07) is 1.60. The molecule has 1 aromatic carbocycles. The predicted octanol–water partition coefficient (Wildman–Crippen LogP) is 3.81. The highest BCUT2D eigenvalue weighted by atomic mass is 35.5. The van der Waals surface area contributed by atoms with Gasteiger partial charge < -0.3 is 0 Å². The van der Waals surface area contributed by atoms with Gasteiger partial charge in [0.15, 0.2) is 0 Å². The molecule has 0 saturated heterocycles. The Morgan fingerprint density at radius 2 is 2.12 bits per heavy atom. The fourth-order valence-electron chi connectivity index (χ4n) is 2.41. The number of hydrogen-bond acceptors (Lipinski definition) is 2. The third kappa shape index (κ3) is 1.80. The summed E-state index contributed by atoms with van der Waals surface area (Å²) in [5.41, 5.74) is 1.48. The molecule has 0 atom stereocenters. The number of hydrogen-bond donors (Lipinski definition) is 0. The summed E-state index contributed by atoms with van der Waals surface area (Å²) in [6.45, 7) is 3.71. The SMILES string of the molecule is Cc1cc(Cl)c(F)c(C2(N=C=O)CCC2)c1C. The molecule has 90 valence electrons. The van der Waals surface area contributed by atoms with Crippen LogP contribution in [0.5, 0.6) is 0 Å². The molecule has 1 aliphatic carbocycles. The van der Waals surface area contributed by atoms with Crippen molar-refractivity contribution in [3.63, 3.8) is 0 Å². The molecule has 0 heterocycles. The minimum Gasteiger partial charge on any atom is -0.211 e. The van der Waals surface area contributed by atoms with Crippen molar-refractivity contribution in [3.05, 3.63) is 33.6 Å². The molecule has 4 heteroatoms. The normalized spacial score (nSPS) is 17.2. The van der Waals surface area contributed by atoms with Crippen molar-refractivity contribution in [2.45, 2.75) is 38.6 Å². The van der Waals surface area contributed by atoms with E-state index in [1.807, 2.05) is 13.8 Å². The molecule has 0 radical (unpaired) electrons. The topological polar surface area (TPSA) is 29.4 Å². The molecule has 1 saturated carbocycles. The third-order valence-electron chi connectivity index (χ3n) is 3.64. The van der Waals surface area contributed by atoms with Crippen LogP contribution in [-0.2, 0) is 10.3 Å². The van der Waals surface area contributed by atoms with Gasteiger partial charge in [-0.2, -0.15) is 4.99 Å². The molecule has 17 heavy (non-hydrogen) atoms. The lowest BCUT2D eigenvalue weighted by Gasteiger charge is -2.38. The molecule has 2 rings (SSSR count). The summed E-state index contributed by atoms with van der Waals surface area (Å²) in [5, 5.41) is 0.0930. The second-order valence-electron chi connectivity index (χ2n) is 4.58. The lowest BCUT2D eigenvalue weighted by atomic mass is 9.70. The Labute approximate surface area is 105 Å². The van der Waals surface area contributed by atoms with Gasteiger partial charge in [-0.15, -0.1) is 0 Å². The highest BCUT2D eigenvalue weighted by Gasteiger charge is 2.42. The first-order valence-electron chi connectivity index (χ1n) is 5.56. The van der Waals surface area contributed by atoms with E-state index in [4.69, 9.17) is 11.6 Å². The number of rotatable bonds is 2. The van der Waals surface area contributed by atoms with Crippen molar-refractivity contribution in [2.24, 2.45) is 4.99 Å². The zero-order valence-electron chi connectivity index (χ0n) is 9.81. The van der Waals surface area contributed by atoms with E-state index in [0.29, 0.717) is 18.4 Å². The van der Waals surface area contributed by atoms with Gasteiger partial charge in [-0.3, -0.25) is 0 Å². The third-order valence-corrected chi connectivity index (χ3v) is 3.92. The average molecular weight is 254 g/mol. The quantitative estimate of drug-likeness (QED) is 0.582. The second-order valence-corrected chi connectivity index (χ2v) is 4.98. The van der Waals surface area contributed by atoms with Crippen LogP contribution in [0.15, 0.2) is 11.1 Å². The van der Waals surface area contributed by atoms with Crippen molar-refractivity contribution >= 4 is 17.7 Å². The lowest BCUT2D eigenvalue weighted by molar-refractivity contribution is 0.246. The standard InChI is InChI=1S/C13H13ClFNO/c1-8-6-10(14)12(15)11(9(8)2)13(16-7-17)4-3-5-13/h6H,3-5H2,1-2H3. The summed E-state index contributed by atoms with van der Waals surface area (Å²) >= 11 is 5.86. The van der Waals surface area contributed by atoms with Gasteiger partial charge >= 0.3 is 0 Å². The van der Waals surface area contributed by atoms with Gasteiger partial charge in [0.1, 0.15) is 11.4 Å². The van der Waals surface area contributed by atoms with E-state index < -0.39 is 11.4 Å². The monoisotopic (exact) mass is 253 g/mol. The number of aliphatic imine (C=N–C) groups is 1. The highest BCUT2D eigenvalue weighted by Crippen LogP contribution is 2.48. The van der Waals surface area contributed by atoms with E-state index in [0.717, 1.165) is 17.5 Å². The number of aryl methyl sites for hydroxylation is 1. The molecule has 2 nitrogen and oxygen atoms in total. The number of nitrogens with zero attached hydrogens (tertiary/aromatic N) is 1. The highest BCUT2D eigenvalue weighted by molar-refractivity contribution is 6.30. The van der Waals surface area contributed by atoms with E-state index in [2.05, 4.69) is 4.99 Å². The maximum absolute atomic E-state index is 14.2. The molecule has 1 aromatic rings. The molecule has 0 unspecified atom stereocenters. The molecule has 0 N–H and O–H groups in total. The van der Waals surface area contributed by atoms with Crippen LogP contribution in [0.4, 0.5) is 4.39 Å². The van der Waals surface area contributed by atoms with Crippen molar-refractivity contribution in [2.75, 3.05) is 0 Å². The fraction of sp³-hybridized carbons (Fsp3) is 0.462. The number of carbonyl (C=O) groups excluding carboxylic acids is 1. The van der Waals surface area contributed by atoms with E-state index in [-0.39, 0.29) is 5.02 Å². The van der Waals surface area contributed by atoms with Gasteiger partial charge in [0.25, 0.3) is 0 Å². The van der Waals surface area contributed by atoms with Gasteiger partial charge in [0.2, 0.25) is 6.08 Å². The van der Waals surface area contributed by atoms with Gasteiger partial charge in [0.05, 0.1) is 5.02 Å². The van der Waals surface area contributed by atoms with Gasteiger partial charge in [-0.1, -0.05) is 11.6 Å². The Kier molecular flexibility index (Phi) is 3.07. The Hall–Kier alpha value is -1.18. The lowest BCUT2D eigenvalue weighted by Crippen LogP contribution is -2.34. The fourth-order valence-corrected chi connectivity index (χ4v) is 2.67. The Morgan fingerprint density at radius 1 is 1.47 bits per heavy atom. The zero-order valence-corrected chi connectivity index (χ0v) is 10.6. The van der Waals surface area contributed by atoms with E-state index in [9.17, 15) is 9.18 Å². The van der Waals surface area contributed by atoms with Crippen molar-refractivity contribution in [3.8, 4) is 0 Å². The second kappa shape index (κ2) is 4.25. The summed E-state index contributed by atoms with van der Waals surface area (Å²) in [4.78, 5) is 14.4. The van der Waals surface area contributed by atoms with Crippen LogP contribution in [-0.4, -0.2) is 6.08 Å². The molecule has 0 aliphatic heterocycles. The predicted molar refractivity (Wildman–Crippen MR) is 64.5 cm³/mol. The number of isocyanates is 1. The van der Waals surface area contributed by atoms with Crippen molar-refractivity contribution in [1.82, 2.24) is 0 Å². The largest absolute Gasteiger partial charge is 0.235 e. The van der Waals surface area contributed by atoms with Crippen molar-refractivity contribution in [1.29, 1.82) is 0 Å². The zero-order chi connectivity index (χ0) is 12.6. The van der Waals surface area contributed by atoms with Gasteiger partial charge in [-0.25, -0.2) is 9.18 Å². The molecular formula is C13H13ClFNO. The summed E-state index contributed by atoms with van der Waals surface area (Å²) in [5.74, 6) is -0.450. The average Bonchev–Trinajstić information content (AvgIpc) is 2.23. The summed E-state index contributed by atoms with van der Waals surface area (Å²) < 4.78 is 14.2. The molecule has 0 amide bonds. The minimum atomic E-state index is -0.731. The van der Waals surface area contributed by atoms with Crippen LogP contribution in [0.1, 0.15) is 36.0 Å². The first-order valence-corrected chi connectivity index (χ1v) is 5.94. The Morgan fingerprint density at radius 3 is 2.59 bits per heavy atom. The molecular weight excluding hydrogens is 241 g/mol. The van der Waals surface area contributed by atoms with E-state index in [1.165, 1.54) is 0 Å². The van der Waals surface area contributed by atoms with E-state index in [1.54, 1.807) is 12.1 Å². The first kappa shape index (κ1) is 12.3. The summed E-state index contributed by atoms with van der Waals surface area (Å²) in [7, 11) is 0. The van der Waals surface area contributed by atoms with Crippen molar-refractivity contribution < 1.29 is 9.18 Å². The molecule has 0 spiro atoms. The molecule has 1 aliphatic rings. The first-order chi connectivity index (χ1) is 8.02. The van der Waals surface area contributed by atoms with Crippen LogP contribution >= 0.6 is 11.6 Å². The molecule has 0 aromatic heterocycles. The van der Waals surface area contributed by atoms with Crippen LogP contribution in [0.25, 0.3) is 0 Å².